The number of aliphatic hydroxyl groups is 1. The molecule has 2 nitrogen and oxygen atoms in total. The summed E-state index contributed by atoms with van der Waals surface area (Å²) in [4.78, 5) is 0. The van der Waals surface area contributed by atoms with Gasteiger partial charge in [-0.1, -0.05) is 18.2 Å². The predicted molar refractivity (Wildman–Crippen MR) is 45.1 cm³/mol. The summed E-state index contributed by atoms with van der Waals surface area (Å²) in [5, 5.41) is 9.16. The summed E-state index contributed by atoms with van der Waals surface area (Å²) in [5.41, 5.74) is 8.29. The lowest BCUT2D eigenvalue weighted by atomic mass is 10.0. The summed E-state index contributed by atoms with van der Waals surface area (Å²) in [6.45, 7) is 3.89. The van der Waals surface area contributed by atoms with Crippen LogP contribution < -0.4 is 5.73 Å². The van der Waals surface area contributed by atoms with E-state index >= 15 is 0 Å². The molecule has 2 heteroatoms. The molecule has 1 atom stereocenters. The molecule has 0 heterocycles. The first kappa shape index (κ1) is 8.24. The third-order valence-electron chi connectivity index (χ3n) is 1.84. The van der Waals surface area contributed by atoms with Crippen LogP contribution in [0.2, 0.25) is 0 Å². The van der Waals surface area contributed by atoms with Crippen molar-refractivity contribution in [1.82, 2.24) is 0 Å². The molecule has 0 bridgehead atoms. The van der Waals surface area contributed by atoms with Crippen molar-refractivity contribution in [3.63, 3.8) is 0 Å². The van der Waals surface area contributed by atoms with Gasteiger partial charge in [-0.2, -0.15) is 0 Å². The fourth-order valence-corrected chi connectivity index (χ4v) is 1.29. The Kier molecular flexibility index (Phi) is 2.27. The molecule has 1 aromatic carbocycles. The SMILES string of the molecule is Cc1cccc(C)c1C(N)O. The normalized spacial score (nSPS) is 13.1. The van der Waals surface area contributed by atoms with Gasteiger partial charge in [-0.15, -0.1) is 0 Å². The summed E-state index contributed by atoms with van der Waals surface area (Å²) >= 11 is 0. The molecule has 0 fully saturated rings. The molecule has 0 radical (unpaired) electrons. The van der Waals surface area contributed by atoms with E-state index in [0.29, 0.717) is 0 Å². The number of benzene rings is 1. The van der Waals surface area contributed by atoms with Gasteiger partial charge >= 0.3 is 0 Å². The van der Waals surface area contributed by atoms with E-state index < -0.39 is 6.23 Å². The quantitative estimate of drug-likeness (QED) is 0.593. The standard InChI is InChI=1S/C9H13NO/c1-6-4-3-5-7(2)8(6)9(10)11/h3-5,9,11H,10H2,1-2H3. The van der Waals surface area contributed by atoms with Gasteiger partial charge in [-0.3, -0.25) is 0 Å². The van der Waals surface area contributed by atoms with E-state index in [-0.39, 0.29) is 0 Å². The first-order valence-corrected chi connectivity index (χ1v) is 3.62. The molecular formula is C9H13NO. The first-order valence-electron chi connectivity index (χ1n) is 3.62. The van der Waals surface area contributed by atoms with Crippen molar-refractivity contribution in [1.29, 1.82) is 0 Å². The summed E-state index contributed by atoms with van der Waals surface area (Å²) in [6.07, 6.45) is -0.851. The Balaban J connectivity index is 3.21. The molecule has 3 N–H and O–H groups in total. The van der Waals surface area contributed by atoms with Gasteiger partial charge in [0.15, 0.2) is 0 Å². The molecule has 0 aliphatic carbocycles. The van der Waals surface area contributed by atoms with Gasteiger partial charge in [0.2, 0.25) is 0 Å². The third-order valence-corrected chi connectivity index (χ3v) is 1.84. The molecule has 0 aliphatic rings. The molecule has 0 amide bonds. The van der Waals surface area contributed by atoms with Crippen LogP contribution >= 0.6 is 0 Å². The lowest BCUT2D eigenvalue weighted by Gasteiger charge is -2.11. The molecule has 0 saturated carbocycles. The van der Waals surface area contributed by atoms with Gasteiger partial charge in [0.05, 0.1) is 0 Å². The summed E-state index contributed by atoms with van der Waals surface area (Å²) in [7, 11) is 0. The second-order valence-electron chi connectivity index (χ2n) is 2.75. The Morgan fingerprint density at radius 1 is 1.27 bits per heavy atom. The van der Waals surface area contributed by atoms with E-state index in [0.717, 1.165) is 16.7 Å². The zero-order chi connectivity index (χ0) is 8.43. The topological polar surface area (TPSA) is 46.2 Å². The van der Waals surface area contributed by atoms with Crippen molar-refractivity contribution in [3.05, 3.63) is 34.9 Å². The van der Waals surface area contributed by atoms with Crippen molar-refractivity contribution >= 4 is 0 Å². The predicted octanol–water partition coefficient (Wildman–Crippen LogP) is 1.25. The molecule has 0 spiro atoms. The monoisotopic (exact) mass is 151 g/mol. The molecule has 1 rings (SSSR count). The van der Waals surface area contributed by atoms with E-state index in [1.54, 1.807) is 0 Å². The highest BCUT2D eigenvalue weighted by Gasteiger charge is 2.06. The molecule has 1 unspecified atom stereocenters. The van der Waals surface area contributed by atoms with E-state index in [1.165, 1.54) is 0 Å². The Morgan fingerprint density at radius 3 is 2.00 bits per heavy atom. The number of nitrogens with two attached hydrogens (primary N) is 1. The van der Waals surface area contributed by atoms with Gasteiger partial charge in [0.1, 0.15) is 6.23 Å². The van der Waals surface area contributed by atoms with Crippen LogP contribution in [-0.4, -0.2) is 5.11 Å². The fraction of sp³-hybridized carbons (Fsp3) is 0.333. The Bertz CT molecular complexity index is 235. The highest BCUT2D eigenvalue weighted by atomic mass is 16.3. The molecule has 0 saturated heterocycles. The maximum absolute atomic E-state index is 9.16. The molecule has 1 aromatic rings. The van der Waals surface area contributed by atoms with E-state index in [9.17, 15) is 0 Å². The second-order valence-corrected chi connectivity index (χ2v) is 2.75. The van der Waals surface area contributed by atoms with Gasteiger partial charge in [-0.25, -0.2) is 0 Å². The Labute approximate surface area is 66.7 Å². The van der Waals surface area contributed by atoms with Crippen LogP contribution in [0.3, 0.4) is 0 Å². The van der Waals surface area contributed by atoms with Crippen LogP contribution in [0.25, 0.3) is 0 Å². The van der Waals surface area contributed by atoms with Gasteiger partial charge in [0, 0.05) is 5.56 Å². The zero-order valence-electron chi connectivity index (χ0n) is 6.83. The minimum Gasteiger partial charge on any atom is -0.375 e. The lowest BCUT2D eigenvalue weighted by Crippen LogP contribution is -2.11. The summed E-state index contributed by atoms with van der Waals surface area (Å²) in [6, 6.07) is 5.84. The van der Waals surface area contributed by atoms with E-state index in [2.05, 4.69) is 0 Å². The van der Waals surface area contributed by atoms with Crippen LogP contribution in [-0.2, 0) is 0 Å². The number of aryl methyl sites for hydroxylation is 2. The Hall–Kier alpha value is -0.860. The maximum Gasteiger partial charge on any atom is 0.129 e. The molecule has 0 aliphatic heterocycles. The van der Waals surface area contributed by atoms with Gasteiger partial charge in [0.25, 0.3) is 0 Å². The van der Waals surface area contributed by atoms with E-state index in [1.807, 2.05) is 32.0 Å². The molecule has 60 valence electrons. The highest BCUT2D eigenvalue weighted by Crippen LogP contribution is 2.17. The van der Waals surface area contributed by atoms with Crippen LogP contribution in [0, 0.1) is 13.8 Å². The van der Waals surface area contributed by atoms with Crippen molar-refractivity contribution in [2.24, 2.45) is 5.73 Å². The van der Waals surface area contributed by atoms with Crippen LogP contribution in [0.15, 0.2) is 18.2 Å². The highest BCUT2D eigenvalue weighted by molar-refractivity contribution is 5.34. The molecule has 11 heavy (non-hydrogen) atoms. The zero-order valence-corrected chi connectivity index (χ0v) is 6.83. The average Bonchev–Trinajstić information content (AvgIpc) is 1.85. The van der Waals surface area contributed by atoms with Crippen LogP contribution in [0.1, 0.15) is 22.9 Å². The molecule has 0 aromatic heterocycles. The second kappa shape index (κ2) is 3.03. The van der Waals surface area contributed by atoms with Crippen LogP contribution in [0.5, 0.6) is 0 Å². The van der Waals surface area contributed by atoms with Crippen molar-refractivity contribution in [2.75, 3.05) is 0 Å². The van der Waals surface area contributed by atoms with Gasteiger partial charge in [-0.05, 0) is 25.0 Å². The van der Waals surface area contributed by atoms with Gasteiger partial charge < -0.3 is 10.8 Å². The lowest BCUT2D eigenvalue weighted by molar-refractivity contribution is 0.185. The number of rotatable bonds is 1. The minimum absolute atomic E-state index is 0.840. The van der Waals surface area contributed by atoms with E-state index in [4.69, 9.17) is 10.8 Å². The summed E-state index contributed by atoms with van der Waals surface area (Å²) < 4.78 is 0. The summed E-state index contributed by atoms with van der Waals surface area (Å²) in [5.74, 6) is 0. The van der Waals surface area contributed by atoms with Crippen LogP contribution in [0.4, 0.5) is 0 Å². The minimum atomic E-state index is -0.851. The number of aliphatic hydroxyl groups excluding tert-OH is 1. The van der Waals surface area contributed by atoms with Crippen molar-refractivity contribution < 1.29 is 5.11 Å². The fourth-order valence-electron chi connectivity index (χ4n) is 1.29. The maximum atomic E-state index is 9.16. The number of hydrogen-bond donors (Lipinski definition) is 2. The van der Waals surface area contributed by atoms with Crippen molar-refractivity contribution in [2.45, 2.75) is 20.1 Å². The molecular weight excluding hydrogens is 138 g/mol. The average molecular weight is 151 g/mol. The van der Waals surface area contributed by atoms with Crippen molar-refractivity contribution in [3.8, 4) is 0 Å². The first-order chi connectivity index (χ1) is 5.13. The third kappa shape index (κ3) is 1.59. The number of hydrogen-bond acceptors (Lipinski definition) is 2. The largest absolute Gasteiger partial charge is 0.375 e. The Morgan fingerprint density at radius 2 is 1.73 bits per heavy atom. The smallest absolute Gasteiger partial charge is 0.129 e.